The number of esters is 2. The van der Waals surface area contributed by atoms with E-state index in [0.29, 0.717) is 21.4 Å². The normalized spacial score (nSPS) is 14.3. The molecule has 0 radical (unpaired) electrons. The van der Waals surface area contributed by atoms with Gasteiger partial charge in [0.25, 0.3) is 5.91 Å². The second kappa shape index (κ2) is 14.8. The van der Waals surface area contributed by atoms with Gasteiger partial charge in [0.2, 0.25) is 5.91 Å². The molecule has 42 heavy (non-hydrogen) atoms. The van der Waals surface area contributed by atoms with Crippen molar-refractivity contribution in [1.82, 2.24) is 20.1 Å². The maximum atomic E-state index is 13.4. The molecule has 2 amide bonds. The number of thioether (sulfide) groups is 1. The maximum absolute atomic E-state index is 13.4. The molecule has 1 aliphatic carbocycles. The molecule has 14 heteroatoms. The van der Waals surface area contributed by atoms with E-state index in [2.05, 4.69) is 25.4 Å². The van der Waals surface area contributed by atoms with Crippen molar-refractivity contribution in [1.29, 1.82) is 0 Å². The van der Waals surface area contributed by atoms with Crippen LogP contribution in [-0.4, -0.2) is 57.0 Å². The van der Waals surface area contributed by atoms with E-state index in [1.165, 1.54) is 29.5 Å². The van der Waals surface area contributed by atoms with Gasteiger partial charge in [0.15, 0.2) is 11.0 Å². The number of thiophene rings is 2. The van der Waals surface area contributed by atoms with Gasteiger partial charge in [0.1, 0.15) is 9.88 Å². The van der Waals surface area contributed by atoms with Crippen LogP contribution in [0.15, 0.2) is 22.7 Å². The minimum atomic E-state index is -0.622. The maximum Gasteiger partial charge on any atom is 0.348 e. The summed E-state index contributed by atoms with van der Waals surface area (Å²) in [6.07, 6.45) is 5.27. The number of amides is 2. The summed E-state index contributed by atoms with van der Waals surface area (Å²) < 4.78 is 12.4. The van der Waals surface area contributed by atoms with Crippen molar-refractivity contribution in [3.63, 3.8) is 0 Å². The third-order valence-corrected chi connectivity index (χ3v) is 9.92. The standard InChI is InChI=1S/C28H35N5O6S3/c1-5-38-26(36)21-16(3)22(27(37)39-6-2)42-25(21)30-23(34)17(4)41-28-32-31-20(33(28)18-11-8-7-9-12-18)15-29-24(35)19-13-10-14-40-19/h10,13-14,17-18H,5-9,11-12,15H2,1-4H3,(H,29,35)(H,30,34)/t17-/m1/s1. The van der Waals surface area contributed by atoms with E-state index < -0.39 is 17.2 Å². The molecule has 1 aliphatic rings. The van der Waals surface area contributed by atoms with Crippen LogP contribution in [0.4, 0.5) is 5.00 Å². The highest BCUT2D eigenvalue weighted by molar-refractivity contribution is 8.00. The molecule has 1 atom stereocenters. The highest BCUT2D eigenvalue weighted by Gasteiger charge is 2.30. The number of anilines is 1. The molecule has 0 aromatic carbocycles. The number of hydrogen-bond acceptors (Lipinski definition) is 11. The molecule has 3 heterocycles. The molecule has 0 bridgehead atoms. The summed E-state index contributed by atoms with van der Waals surface area (Å²) in [5.74, 6) is -1.08. The molecule has 3 aromatic rings. The topological polar surface area (TPSA) is 142 Å². The van der Waals surface area contributed by atoms with E-state index in [-0.39, 0.29) is 53.1 Å². The number of hydrogen-bond donors (Lipinski definition) is 2. The molecule has 2 N–H and O–H groups in total. The Morgan fingerprint density at radius 2 is 1.81 bits per heavy atom. The minimum Gasteiger partial charge on any atom is -0.462 e. The smallest absolute Gasteiger partial charge is 0.348 e. The van der Waals surface area contributed by atoms with Crippen molar-refractivity contribution >= 4 is 63.2 Å². The van der Waals surface area contributed by atoms with E-state index in [1.54, 1.807) is 33.8 Å². The average Bonchev–Trinajstić information content (AvgIpc) is 3.72. The third-order valence-electron chi connectivity index (χ3n) is 6.80. The zero-order chi connectivity index (χ0) is 30.2. The monoisotopic (exact) mass is 633 g/mol. The molecule has 1 fully saturated rings. The van der Waals surface area contributed by atoms with Crippen LogP contribution >= 0.6 is 34.4 Å². The summed E-state index contributed by atoms with van der Waals surface area (Å²) in [5.41, 5.74) is 0.545. The molecule has 4 rings (SSSR count). The molecule has 3 aromatic heterocycles. The number of nitrogens with one attached hydrogen (secondary N) is 2. The van der Waals surface area contributed by atoms with Gasteiger partial charge in [-0.15, -0.1) is 32.9 Å². The van der Waals surface area contributed by atoms with Crippen LogP contribution in [0.3, 0.4) is 0 Å². The molecule has 0 unspecified atom stereocenters. The first kappa shape index (κ1) is 31.7. The summed E-state index contributed by atoms with van der Waals surface area (Å²) in [4.78, 5) is 52.1. The largest absolute Gasteiger partial charge is 0.462 e. The van der Waals surface area contributed by atoms with Gasteiger partial charge < -0.3 is 24.7 Å². The molecule has 0 saturated heterocycles. The van der Waals surface area contributed by atoms with Crippen LogP contribution in [0.25, 0.3) is 0 Å². The fourth-order valence-electron chi connectivity index (χ4n) is 4.74. The van der Waals surface area contributed by atoms with Crippen molar-refractivity contribution in [3.8, 4) is 0 Å². The number of aromatic nitrogens is 3. The van der Waals surface area contributed by atoms with Crippen LogP contribution in [0.1, 0.15) is 100 Å². The minimum absolute atomic E-state index is 0.143. The Morgan fingerprint density at radius 1 is 1.10 bits per heavy atom. The van der Waals surface area contributed by atoms with Crippen LogP contribution in [0.2, 0.25) is 0 Å². The SMILES string of the molecule is CCOC(=O)c1sc(NC(=O)[C@@H](C)Sc2nnc(CNC(=O)c3cccs3)n2C2CCCCC2)c(C(=O)OCC)c1C. The quantitative estimate of drug-likeness (QED) is 0.192. The van der Waals surface area contributed by atoms with Gasteiger partial charge >= 0.3 is 11.9 Å². The number of carbonyl (C=O) groups is 4. The first-order valence-electron chi connectivity index (χ1n) is 14.0. The Labute approximate surface area is 256 Å². The van der Waals surface area contributed by atoms with Crippen LogP contribution in [0, 0.1) is 6.92 Å². The molecular weight excluding hydrogens is 599 g/mol. The van der Waals surface area contributed by atoms with Crippen molar-refractivity contribution in [3.05, 3.63) is 44.2 Å². The van der Waals surface area contributed by atoms with E-state index in [9.17, 15) is 19.2 Å². The first-order chi connectivity index (χ1) is 20.2. The van der Waals surface area contributed by atoms with Gasteiger partial charge in [-0.2, -0.15) is 0 Å². The highest BCUT2D eigenvalue weighted by Crippen LogP contribution is 2.37. The van der Waals surface area contributed by atoms with Crippen LogP contribution < -0.4 is 10.6 Å². The van der Waals surface area contributed by atoms with Crippen molar-refractivity contribution in [2.45, 2.75) is 82.8 Å². The Morgan fingerprint density at radius 3 is 2.48 bits per heavy atom. The van der Waals surface area contributed by atoms with Gasteiger partial charge in [0, 0.05) is 6.04 Å². The van der Waals surface area contributed by atoms with Crippen molar-refractivity contribution in [2.75, 3.05) is 18.5 Å². The zero-order valence-corrected chi connectivity index (χ0v) is 26.5. The van der Waals surface area contributed by atoms with Gasteiger partial charge in [-0.1, -0.05) is 37.1 Å². The fourth-order valence-corrected chi connectivity index (χ4v) is 7.41. The second-order valence-electron chi connectivity index (χ2n) is 9.67. The Kier molecular flexibility index (Phi) is 11.2. The molecular formula is C28H35N5O6S3. The molecule has 11 nitrogen and oxygen atoms in total. The van der Waals surface area contributed by atoms with E-state index in [4.69, 9.17) is 9.47 Å². The predicted octanol–water partition coefficient (Wildman–Crippen LogP) is 5.62. The highest BCUT2D eigenvalue weighted by atomic mass is 32.2. The van der Waals surface area contributed by atoms with E-state index in [1.807, 2.05) is 11.4 Å². The Bertz CT molecular complexity index is 1410. The Hall–Kier alpha value is -3.23. The van der Waals surface area contributed by atoms with Crippen molar-refractivity contribution < 1.29 is 28.7 Å². The molecule has 1 saturated carbocycles. The molecule has 0 spiro atoms. The lowest BCUT2D eigenvalue weighted by Crippen LogP contribution is -2.26. The summed E-state index contributed by atoms with van der Waals surface area (Å²) in [5, 5.41) is 16.6. The first-order valence-corrected chi connectivity index (χ1v) is 16.5. The van der Waals surface area contributed by atoms with Gasteiger partial charge in [-0.25, -0.2) is 9.59 Å². The van der Waals surface area contributed by atoms with Gasteiger partial charge in [0.05, 0.1) is 35.4 Å². The number of nitrogens with zero attached hydrogens (tertiary/aromatic N) is 3. The number of ether oxygens (including phenoxy) is 2. The lowest BCUT2D eigenvalue weighted by atomic mass is 9.95. The van der Waals surface area contributed by atoms with Gasteiger partial charge in [-0.3, -0.25) is 9.59 Å². The summed E-state index contributed by atoms with van der Waals surface area (Å²) in [6.45, 7) is 7.31. The lowest BCUT2D eigenvalue weighted by Gasteiger charge is -2.26. The van der Waals surface area contributed by atoms with Crippen LogP contribution in [-0.2, 0) is 20.8 Å². The second-order valence-corrected chi connectivity index (χ2v) is 12.9. The average molecular weight is 634 g/mol. The summed E-state index contributed by atoms with van der Waals surface area (Å²) >= 11 is 3.62. The van der Waals surface area contributed by atoms with Gasteiger partial charge in [-0.05, 0) is 57.5 Å². The van der Waals surface area contributed by atoms with Crippen LogP contribution in [0.5, 0.6) is 0 Å². The summed E-state index contributed by atoms with van der Waals surface area (Å²) in [7, 11) is 0. The fraction of sp³-hybridized carbons (Fsp3) is 0.500. The van der Waals surface area contributed by atoms with Crippen molar-refractivity contribution in [2.24, 2.45) is 0 Å². The Balaban J connectivity index is 1.53. The van der Waals surface area contributed by atoms with E-state index >= 15 is 0 Å². The molecule has 0 aliphatic heterocycles. The molecule has 226 valence electrons. The van der Waals surface area contributed by atoms with E-state index in [0.717, 1.165) is 37.0 Å². The zero-order valence-electron chi connectivity index (χ0n) is 24.1. The lowest BCUT2D eigenvalue weighted by molar-refractivity contribution is -0.115. The summed E-state index contributed by atoms with van der Waals surface area (Å²) in [6, 6.07) is 3.77. The third kappa shape index (κ3) is 7.39. The predicted molar refractivity (Wildman–Crippen MR) is 163 cm³/mol. The number of carbonyl (C=O) groups excluding carboxylic acids is 4. The number of rotatable bonds is 12.